The third kappa shape index (κ3) is 4.18. The van der Waals surface area contributed by atoms with Crippen LogP contribution >= 0.6 is 0 Å². The van der Waals surface area contributed by atoms with Crippen LogP contribution in [0.3, 0.4) is 0 Å². The smallest absolute Gasteiger partial charge is 0.373 e. The number of nitrogens with zero attached hydrogens (tertiary/aromatic N) is 2. The Morgan fingerprint density at radius 3 is 2.52 bits per heavy atom. The van der Waals surface area contributed by atoms with E-state index in [1.165, 1.54) is 13.2 Å². The van der Waals surface area contributed by atoms with Crippen LogP contribution in [-0.2, 0) is 21.3 Å². The zero-order chi connectivity index (χ0) is 19.6. The van der Waals surface area contributed by atoms with Gasteiger partial charge in [-0.1, -0.05) is 0 Å². The van der Waals surface area contributed by atoms with Gasteiger partial charge in [0.25, 0.3) is 0 Å². The fourth-order valence-electron chi connectivity index (χ4n) is 2.84. The van der Waals surface area contributed by atoms with E-state index < -0.39 is 32.5 Å². The van der Waals surface area contributed by atoms with E-state index in [4.69, 9.17) is 4.42 Å². The topological polar surface area (TPSA) is 80.1 Å². The fraction of sp³-hybridized carbons (Fsp3) is 0.353. The summed E-state index contributed by atoms with van der Waals surface area (Å²) in [5.74, 6) is -1.73. The van der Waals surface area contributed by atoms with Crippen molar-refractivity contribution in [3.63, 3.8) is 0 Å². The van der Waals surface area contributed by atoms with E-state index in [2.05, 4.69) is 4.74 Å². The lowest BCUT2D eigenvalue weighted by Gasteiger charge is -2.33. The second-order valence-electron chi connectivity index (χ2n) is 6.01. The van der Waals surface area contributed by atoms with Crippen molar-refractivity contribution in [2.75, 3.05) is 33.3 Å². The van der Waals surface area contributed by atoms with E-state index in [1.54, 1.807) is 6.07 Å². The Kier molecular flexibility index (Phi) is 5.59. The van der Waals surface area contributed by atoms with E-state index in [9.17, 15) is 22.0 Å². The van der Waals surface area contributed by atoms with Crippen molar-refractivity contribution in [2.45, 2.75) is 11.4 Å². The molecule has 0 atom stereocenters. The van der Waals surface area contributed by atoms with Crippen molar-refractivity contribution < 1.29 is 31.1 Å². The van der Waals surface area contributed by atoms with Gasteiger partial charge >= 0.3 is 5.97 Å². The minimum absolute atomic E-state index is 0.0929. The number of carbonyl (C=O) groups excluding carboxylic acids is 1. The third-order valence-electron chi connectivity index (χ3n) is 4.27. The van der Waals surface area contributed by atoms with Gasteiger partial charge in [-0.2, -0.15) is 4.31 Å². The Morgan fingerprint density at radius 2 is 1.85 bits per heavy atom. The van der Waals surface area contributed by atoms with Crippen molar-refractivity contribution in [2.24, 2.45) is 0 Å². The number of carbonyl (C=O) groups is 1. The summed E-state index contributed by atoms with van der Waals surface area (Å²) >= 11 is 0. The van der Waals surface area contributed by atoms with Crippen LogP contribution in [0.4, 0.5) is 8.78 Å². The van der Waals surface area contributed by atoms with Crippen LogP contribution in [0.2, 0.25) is 0 Å². The lowest BCUT2D eigenvalue weighted by molar-refractivity contribution is 0.0560. The van der Waals surface area contributed by atoms with Crippen LogP contribution < -0.4 is 0 Å². The third-order valence-corrected chi connectivity index (χ3v) is 6.18. The SMILES string of the molecule is COC(=O)c1ccc(CN2CCN(S(=O)(=O)c3cc(F)ccc3F)CC2)o1. The number of methoxy groups -OCH3 is 1. The molecular formula is C17H18F2N2O5S. The molecule has 2 heterocycles. The van der Waals surface area contributed by atoms with Crippen LogP contribution in [-0.4, -0.2) is 56.9 Å². The average molecular weight is 400 g/mol. The summed E-state index contributed by atoms with van der Waals surface area (Å²) in [4.78, 5) is 12.7. The number of hydrogen-bond acceptors (Lipinski definition) is 6. The first-order valence-corrected chi connectivity index (χ1v) is 9.60. The number of sulfonamides is 1. The van der Waals surface area contributed by atoms with Crippen LogP contribution in [0.25, 0.3) is 0 Å². The molecule has 3 rings (SSSR count). The Morgan fingerprint density at radius 1 is 1.15 bits per heavy atom. The highest BCUT2D eigenvalue weighted by molar-refractivity contribution is 7.89. The van der Waals surface area contributed by atoms with Gasteiger partial charge in [0.05, 0.1) is 13.7 Å². The molecule has 7 nitrogen and oxygen atoms in total. The van der Waals surface area contributed by atoms with Gasteiger partial charge in [-0.3, -0.25) is 4.90 Å². The van der Waals surface area contributed by atoms with E-state index >= 15 is 0 Å². The molecule has 1 aliphatic rings. The van der Waals surface area contributed by atoms with Crippen molar-refractivity contribution in [1.82, 2.24) is 9.21 Å². The summed E-state index contributed by atoms with van der Waals surface area (Å²) in [6.07, 6.45) is 0. The first-order valence-electron chi connectivity index (χ1n) is 8.16. The summed E-state index contributed by atoms with van der Waals surface area (Å²) < 4.78 is 63.4. The van der Waals surface area contributed by atoms with Gasteiger partial charge in [-0.15, -0.1) is 0 Å². The highest BCUT2D eigenvalue weighted by Gasteiger charge is 2.31. The molecule has 10 heteroatoms. The van der Waals surface area contributed by atoms with Gasteiger partial charge in [0.1, 0.15) is 22.3 Å². The highest BCUT2D eigenvalue weighted by atomic mass is 32.2. The minimum atomic E-state index is -4.11. The van der Waals surface area contributed by atoms with Gasteiger partial charge < -0.3 is 9.15 Å². The molecule has 1 aromatic carbocycles. The maximum atomic E-state index is 13.8. The maximum Gasteiger partial charge on any atom is 0.373 e. The average Bonchev–Trinajstić information content (AvgIpc) is 3.12. The Bertz CT molecular complexity index is 937. The molecular weight excluding hydrogens is 382 g/mol. The second-order valence-corrected chi connectivity index (χ2v) is 7.92. The van der Waals surface area contributed by atoms with Crippen LogP contribution in [0.1, 0.15) is 16.3 Å². The first kappa shape index (κ1) is 19.5. The number of piperazine rings is 1. The summed E-state index contributed by atoms with van der Waals surface area (Å²) in [7, 11) is -2.86. The summed E-state index contributed by atoms with van der Waals surface area (Å²) in [6.45, 7) is 1.40. The van der Waals surface area contributed by atoms with Gasteiger partial charge in [-0.05, 0) is 30.3 Å². The summed E-state index contributed by atoms with van der Waals surface area (Å²) in [6, 6.07) is 5.52. The standard InChI is InChI=1S/C17H18F2N2O5S/c1-25-17(22)15-5-3-13(26-15)11-20-6-8-21(9-7-20)27(23,24)16-10-12(18)2-4-14(16)19/h2-5,10H,6-9,11H2,1H3. The van der Waals surface area contributed by atoms with Gasteiger partial charge in [0.15, 0.2) is 0 Å². The fourth-order valence-corrected chi connectivity index (χ4v) is 4.33. The van der Waals surface area contributed by atoms with E-state index in [-0.39, 0.29) is 18.8 Å². The molecule has 1 fully saturated rings. The lowest BCUT2D eigenvalue weighted by atomic mass is 10.3. The number of ether oxygens (including phenoxy) is 1. The number of esters is 1. The molecule has 0 aliphatic carbocycles. The molecule has 1 saturated heterocycles. The number of hydrogen-bond donors (Lipinski definition) is 0. The largest absolute Gasteiger partial charge is 0.463 e. The molecule has 1 aromatic heterocycles. The lowest BCUT2D eigenvalue weighted by Crippen LogP contribution is -2.48. The number of benzene rings is 1. The predicted octanol–water partition coefficient (Wildman–Crippen LogP) is 1.85. The zero-order valence-electron chi connectivity index (χ0n) is 14.5. The number of furan rings is 1. The second kappa shape index (κ2) is 7.75. The molecule has 0 saturated carbocycles. The van der Waals surface area contributed by atoms with Crippen LogP contribution in [0.5, 0.6) is 0 Å². The van der Waals surface area contributed by atoms with E-state index in [0.29, 0.717) is 31.5 Å². The first-order chi connectivity index (χ1) is 12.8. The van der Waals surface area contributed by atoms with Gasteiger partial charge in [-0.25, -0.2) is 22.0 Å². The molecule has 0 unspecified atom stereocenters. The van der Waals surface area contributed by atoms with Crippen molar-refractivity contribution in [3.05, 3.63) is 53.5 Å². The van der Waals surface area contributed by atoms with Crippen molar-refractivity contribution >= 4 is 16.0 Å². The quantitative estimate of drug-likeness (QED) is 0.713. The zero-order valence-corrected chi connectivity index (χ0v) is 15.3. The summed E-state index contributed by atoms with van der Waals surface area (Å²) in [5.41, 5.74) is 0. The molecule has 0 amide bonds. The summed E-state index contributed by atoms with van der Waals surface area (Å²) in [5, 5.41) is 0. The predicted molar refractivity (Wildman–Crippen MR) is 90.4 cm³/mol. The van der Waals surface area contributed by atoms with Crippen molar-refractivity contribution in [1.29, 1.82) is 0 Å². The van der Waals surface area contributed by atoms with Crippen molar-refractivity contribution in [3.8, 4) is 0 Å². The van der Waals surface area contributed by atoms with Gasteiger partial charge in [0, 0.05) is 26.2 Å². The monoisotopic (exact) mass is 400 g/mol. The molecule has 0 spiro atoms. The normalized spacial score (nSPS) is 16.4. The molecule has 0 bridgehead atoms. The van der Waals surface area contributed by atoms with E-state index in [0.717, 1.165) is 16.4 Å². The van der Waals surface area contributed by atoms with Crippen LogP contribution in [0, 0.1) is 11.6 Å². The number of rotatable bonds is 5. The maximum absolute atomic E-state index is 13.8. The Labute approximate surface area is 155 Å². The molecule has 1 aliphatic heterocycles. The molecule has 146 valence electrons. The molecule has 0 N–H and O–H groups in total. The molecule has 0 radical (unpaired) electrons. The molecule has 27 heavy (non-hydrogen) atoms. The Hall–Kier alpha value is -2.30. The van der Waals surface area contributed by atoms with Gasteiger partial charge in [0.2, 0.25) is 15.8 Å². The molecule has 2 aromatic rings. The minimum Gasteiger partial charge on any atom is -0.463 e. The van der Waals surface area contributed by atoms with E-state index in [1.807, 2.05) is 4.90 Å². The Balaban J connectivity index is 1.64. The number of halogens is 2. The van der Waals surface area contributed by atoms with Crippen LogP contribution in [0.15, 0.2) is 39.6 Å². The highest BCUT2D eigenvalue weighted by Crippen LogP contribution is 2.22.